The van der Waals surface area contributed by atoms with Gasteiger partial charge in [0.1, 0.15) is 0 Å². The number of benzene rings is 1. The fourth-order valence-corrected chi connectivity index (χ4v) is 4.96. The van der Waals surface area contributed by atoms with Gasteiger partial charge in [-0.15, -0.1) is 0 Å². The van der Waals surface area contributed by atoms with E-state index in [1.54, 1.807) is 24.6 Å². The smallest absolute Gasteiger partial charge is 0.399 e. The summed E-state index contributed by atoms with van der Waals surface area (Å²) in [7, 11) is -4.06. The average Bonchev–Trinajstić information content (AvgIpc) is 2.93. The summed E-state index contributed by atoms with van der Waals surface area (Å²) in [6, 6.07) is 3.55. The van der Waals surface area contributed by atoms with Crippen molar-refractivity contribution in [2.24, 2.45) is 0 Å². The van der Waals surface area contributed by atoms with Crippen molar-refractivity contribution in [1.82, 2.24) is 0 Å². The predicted octanol–water partition coefficient (Wildman–Crippen LogP) is 1.76. The number of hydrogen-bond acceptors (Lipinski definition) is 6. The molecule has 0 N–H and O–H groups in total. The van der Waals surface area contributed by atoms with Gasteiger partial charge in [0.2, 0.25) is 0 Å². The highest BCUT2D eigenvalue weighted by atomic mass is 32.2. The minimum atomic E-state index is -1.33. The van der Waals surface area contributed by atoms with E-state index in [0.29, 0.717) is 20.7 Å². The Morgan fingerprint density at radius 1 is 0.600 bits per heavy atom. The molecule has 2 saturated heterocycles. The molecule has 0 radical (unpaired) electrons. The second-order valence-corrected chi connectivity index (χ2v) is 12.7. The molecule has 2 aliphatic heterocycles. The van der Waals surface area contributed by atoms with Crippen LogP contribution in [0.5, 0.6) is 0 Å². The third-order valence-corrected chi connectivity index (χ3v) is 8.72. The highest BCUT2D eigenvalue weighted by molar-refractivity contribution is 7.85. The third kappa shape index (κ3) is 3.99. The van der Waals surface area contributed by atoms with Crippen LogP contribution in [-0.2, 0) is 40.2 Å². The summed E-state index contributed by atoms with van der Waals surface area (Å²) in [6.07, 6.45) is 3.22. The average molecular weight is 454 g/mol. The molecule has 0 amide bonds. The van der Waals surface area contributed by atoms with Crippen LogP contribution in [-0.4, -0.2) is 57.6 Å². The second kappa shape index (κ2) is 7.52. The lowest BCUT2D eigenvalue weighted by atomic mass is 9.73. The van der Waals surface area contributed by atoms with E-state index in [-0.39, 0.29) is 0 Å². The number of rotatable bonds is 4. The van der Waals surface area contributed by atoms with Crippen molar-refractivity contribution in [3.8, 4) is 0 Å². The van der Waals surface area contributed by atoms with Gasteiger partial charge in [0.05, 0.1) is 22.4 Å². The maximum Gasteiger partial charge on any atom is 0.496 e. The van der Waals surface area contributed by atoms with Gasteiger partial charge in [-0.3, -0.25) is 8.42 Å². The van der Waals surface area contributed by atoms with Crippen LogP contribution < -0.4 is 10.9 Å². The third-order valence-electron chi connectivity index (χ3n) is 6.78. The molecule has 2 atom stereocenters. The minimum absolute atomic E-state index is 0.542. The summed E-state index contributed by atoms with van der Waals surface area (Å²) in [5, 5.41) is 0. The fraction of sp³-hybridized carbons (Fsp3) is 0.700. The number of hydrogen-bond donors (Lipinski definition) is 0. The normalized spacial score (nSPS) is 26.1. The van der Waals surface area contributed by atoms with Crippen molar-refractivity contribution in [2.75, 3.05) is 12.5 Å². The maximum atomic E-state index is 12.7. The summed E-state index contributed by atoms with van der Waals surface area (Å²) < 4.78 is 50.1. The van der Waals surface area contributed by atoms with Crippen LogP contribution in [0.4, 0.5) is 0 Å². The lowest BCUT2D eigenvalue weighted by molar-refractivity contribution is 0.00578. The topological polar surface area (TPSA) is 71.1 Å². The van der Waals surface area contributed by atoms with Gasteiger partial charge in [0, 0.05) is 43.9 Å². The Bertz CT molecular complexity index is 807. The summed E-state index contributed by atoms with van der Waals surface area (Å²) in [4.78, 5) is 1.12. The van der Waals surface area contributed by atoms with Gasteiger partial charge in [0.25, 0.3) is 0 Å². The first-order chi connectivity index (χ1) is 13.5. The maximum absolute atomic E-state index is 12.7. The molecule has 1 aromatic rings. The molecule has 30 heavy (non-hydrogen) atoms. The SMILES string of the molecule is CS(=O)c1cc(B2OC(C)(C)C(C)(C)O2)c(S(C)=O)cc1B1OC(C)(C)C(C)(C)O1. The van der Waals surface area contributed by atoms with Crippen LogP contribution in [0, 0.1) is 0 Å². The molecule has 2 heterocycles. The highest BCUT2D eigenvalue weighted by Gasteiger charge is 2.54. The van der Waals surface area contributed by atoms with Gasteiger partial charge in [0.15, 0.2) is 0 Å². The monoisotopic (exact) mass is 454 g/mol. The van der Waals surface area contributed by atoms with E-state index in [4.69, 9.17) is 18.6 Å². The van der Waals surface area contributed by atoms with Crippen LogP contribution in [0.15, 0.2) is 21.9 Å². The summed E-state index contributed by atoms with van der Waals surface area (Å²) in [5.41, 5.74) is -0.916. The van der Waals surface area contributed by atoms with Crippen LogP contribution >= 0.6 is 0 Å². The first-order valence-corrected chi connectivity index (χ1v) is 13.2. The quantitative estimate of drug-likeness (QED) is 0.647. The zero-order chi connectivity index (χ0) is 22.9. The molecule has 2 fully saturated rings. The molecular weight excluding hydrogens is 422 g/mol. The van der Waals surface area contributed by atoms with E-state index < -0.39 is 58.2 Å². The van der Waals surface area contributed by atoms with Crippen molar-refractivity contribution in [3.05, 3.63) is 12.1 Å². The Morgan fingerprint density at radius 3 is 1.03 bits per heavy atom. The molecule has 166 valence electrons. The molecular formula is C20H32B2O6S2. The minimum Gasteiger partial charge on any atom is -0.399 e. The van der Waals surface area contributed by atoms with E-state index in [1.165, 1.54) is 0 Å². The standard InChI is InChI=1S/C20H32B2O6S2/c1-17(2)18(3,4)26-21(25-17)13-11-16(30(10)24)14(12-15(13)29(9)23)22-27-19(5,6)20(7,8)28-22/h11-12H,1-10H3. The lowest BCUT2D eigenvalue weighted by Gasteiger charge is -2.32. The van der Waals surface area contributed by atoms with E-state index in [0.717, 1.165) is 0 Å². The van der Waals surface area contributed by atoms with E-state index in [1.807, 2.05) is 55.4 Å². The Balaban J connectivity index is 2.13. The van der Waals surface area contributed by atoms with Gasteiger partial charge in [-0.05, 0) is 78.4 Å². The predicted molar refractivity (Wildman–Crippen MR) is 123 cm³/mol. The Morgan fingerprint density at radius 2 is 0.833 bits per heavy atom. The fourth-order valence-electron chi connectivity index (χ4n) is 3.40. The molecule has 2 unspecified atom stereocenters. The molecule has 3 rings (SSSR count). The van der Waals surface area contributed by atoms with Crippen LogP contribution in [0.1, 0.15) is 55.4 Å². The molecule has 1 aromatic carbocycles. The van der Waals surface area contributed by atoms with Crippen molar-refractivity contribution >= 4 is 46.8 Å². The van der Waals surface area contributed by atoms with E-state index in [9.17, 15) is 8.42 Å². The molecule has 6 nitrogen and oxygen atoms in total. The Labute approximate surface area is 186 Å². The molecule has 2 aliphatic rings. The first kappa shape index (κ1) is 24.1. The molecule has 0 aliphatic carbocycles. The summed E-state index contributed by atoms with van der Waals surface area (Å²) in [5.74, 6) is 0. The van der Waals surface area contributed by atoms with Gasteiger partial charge in [-0.25, -0.2) is 0 Å². The van der Waals surface area contributed by atoms with Crippen molar-refractivity contribution in [3.63, 3.8) is 0 Å². The Kier molecular flexibility index (Phi) is 6.05. The zero-order valence-corrected chi connectivity index (χ0v) is 21.2. The second-order valence-electron chi connectivity index (χ2n) is 10.0. The molecule has 0 spiro atoms. The lowest BCUT2D eigenvalue weighted by Crippen LogP contribution is -2.43. The largest absolute Gasteiger partial charge is 0.496 e. The summed E-state index contributed by atoms with van der Waals surface area (Å²) in [6.45, 7) is 15.7. The van der Waals surface area contributed by atoms with Crippen LogP contribution in [0.25, 0.3) is 0 Å². The van der Waals surface area contributed by atoms with E-state index in [2.05, 4.69) is 0 Å². The van der Waals surface area contributed by atoms with E-state index >= 15 is 0 Å². The summed E-state index contributed by atoms with van der Waals surface area (Å²) >= 11 is 0. The molecule has 0 bridgehead atoms. The zero-order valence-electron chi connectivity index (χ0n) is 19.6. The van der Waals surface area contributed by atoms with Gasteiger partial charge < -0.3 is 18.6 Å². The van der Waals surface area contributed by atoms with Crippen molar-refractivity contribution < 1.29 is 27.0 Å². The van der Waals surface area contributed by atoms with Crippen LogP contribution in [0.2, 0.25) is 0 Å². The van der Waals surface area contributed by atoms with Gasteiger partial charge >= 0.3 is 14.2 Å². The first-order valence-electron chi connectivity index (χ1n) is 10.0. The molecule has 0 saturated carbocycles. The Hall–Kier alpha value is -0.510. The highest BCUT2D eigenvalue weighted by Crippen LogP contribution is 2.38. The molecule has 0 aromatic heterocycles. The van der Waals surface area contributed by atoms with Gasteiger partial charge in [-0.2, -0.15) is 0 Å². The molecule has 10 heteroatoms. The van der Waals surface area contributed by atoms with Crippen molar-refractivity contribution in [1.29, 1.82) is 0 Å². The van der Waals surface area contributed by atoms with Gasteiger partial charge in [-0.1, -0.05) is 0 Å². The van der Waals surface area contributed by atoms with Crippen LogP contribution in [0.3, 0.4) is 0 Å². The van der Waals surface area contributed by atoms with Crippen molar-refractivity contribution in [2.45, 2.75) is 87.6 Å².